The average Bonchev–Trinajstić information content (AvgIpc) is 2.58. The lowest BCUT2D eigenvalue weighted by Crippen LogP contribution is -2.40. The van der Waals surface area contributed by atoms with Crippen LogP contribution in [0.25, 0.3) is 6.08 Å². The Kier molecular flexibility index (Phi) is 6.40. The largest absolute Gasteiger partial charge is 0.496 e. The van der Waals surface area contributed by atoms with E-state index in [-0.39, 0.29) is 5.56 Å². The van der Waals surface area contributed by atoms with E-state index in [9.17, 15) is 9.59 Å². The van der Waals surface area contributed by atoms with Crippen molar-refractivity contribution in [2.45, 2.75) is 0 Å². The quantitative estimate of drug-likeness (QED) is 0.599. The molecular formula is C17H14BrClN2O3. The molecule has 0 saturated heterocycles. The zero-order valence-electron chi connectivity index (χ0n) is 12.7. The van der Waals surface area contributed by atoms with Crippen LogP contribution in [0.4, 0.5) is 0 Å². The van der Waals surface area contributed by atoms with Gasteiger partial charge in [0.05, 0.1) is 17.7 Å². The third-order valence-corrected chi connectivity index (χ3v) is 3.85. The van der Waals surface area contributed by atoms with Crippen LogP contribution in [0.5, 0.6) is 5.75 Å². The van der Waals surface area contributed by atoms with Gasteiger partial charge in [-0.2, -0.15) is 0 Å². The van der Waals surface area contributed by atoms with Crippen molar-refractivity contribution in [1.29, 1.82) is 0 Å². The fourth-order valence-electron chi connectivity index (χ4n) is 1.87. The Morgan fingerprint density at radius 3 is 2.62 bits per heavy atom. The fraction of sp³-hybridized carbons (Fsp3) is 0.0588. The minimum absolute atomic E-state index is 0.275. The average molecular weight is 410 g/mol. The van der Waals surface area contributed by atoms with Crippen LogP contribution in [0.15, 0.2) is 53.0 Å². The van der Waals surface area contributed by atoms with Crippen molar-refractivity contribution in [3.8, 4) is 5.75 Å². The normalized spacial score (nSPS) is 10.5. The molecule has 0 atom stereocenters. The second kappa shape index (κ2) is 8.52. The number of rotatable bonds is 4. The zero-order chi connectivity index (χ0) is 17.5. The maximum absolute atomic E-state index is 11.9. The van der Waals surface area contributed by atoms with E-state index in [1.807, 2.05) is 12.1 Å². The van der Waals surface area contributed by atoms with Crippen molar-refractivity contribution in [2.75, 3.05) is 7.11 Å². The highest BCUT2D eigenvalue weighted by molar-refractivity contribution is 9.10. The lowest BCUT2D eigenvalue weighted by Gasteiger charge is -2.07. The second-order valence-corrected chi connectivity index (χ2v) is 5.97. The summed E-state index contributed by atoms with van der Waals surface area (Å²) in [4.78, 5) is 23.8. The highest BCUT2D eigenvalue weighted by Gasteiger charge is 2.09. The van der Waals surface area contributed by atoms with Crippen molar-refractivity contribution in [3.05, 3.63) is 69.2 Å². The van der Waals surface area contributed by atoms with Gasteiger partial charge in [0.1, 0.15) is 5.75 Å². The standard InChI is InChI=1S/C17H14BrClN2O3/c1-24-15-8-7-12(18)10-11(15)6-9-16(22)20-21-17(23)13-4-2-3-5-14(13)19/h2-10H,1H3,(H,20,22)(H,21,23)/b9-6+. The molecule has 0 unspecified atom stereocenters. The number of carbonyl (C=O) groups excluding carboxylic acids is 2. The fourth-order valence-corrected chi connectivity index (χ4v) is 2.47. The molecule has 124 valence electrons. The van der Waals surface area contributed by atoms with Crippen LogP contribution in [0.3, 0.4) is 0 Å². The zero-order valence-corrected chi connectivity index (χ0v) is 15.0. The van der Waals surface area contributed by atoms with Crippen LogP contribution in [0.1, 0.15) is 15.9 Å². The van der Waals surface area contributed by atoms with Crippen LogP contribution in [0, 0.1) is 0 Å². The Morgan fingerprint density at radius 2 is 1.92 bits per heavy atom. The SMILES string of the molecule is COc1ccc(Br)cc1/C=C/C(=O)NNC(=O)c1ccccc1Cl. The van der Waals surface area contributed by atoms with Gasteiger partial charge < -0.3 is 4.74 Å². The molecule has 0 aliphatic heterocycles. The summed E-state index contributed by atoms with van der Waals surface area (Å²) in [6.07, 6.45) is 2.87. The van der Waals surface area contributed by atoms with Gasteiger partial charge in [-0.3, -0.25) is 20.4 Å². The molecule has 2 amide bonds. The molecule has 0 saturated carbocycles. The number of ether oxygens (including phenoxy) is 1. The van der Waals surface area contributed by atoms with Crippen LogP contribution in [-0.2, 0) is 4.79 Å². The van der Waals surface area contributed by atoms with Crippen molar-refractivity contribution in [2.24, 2.45) is 0 Å². The first-order valence-corrected chi connectivity index (χ1v) is 8.05. The molecule has 24 heavy (non-hydrogen) atoms. The van der Waals surface area contributed by atoms with Crippen molar-refractivity contribution in [1.82, 2.24) is 10.9 Å². The molecule has 0 aliphatic carbocycles. The number of hydrazine groups is 1. The van der Waals surface area contributed by atoms with E-state index in [2.05, 4.69) is 26.8 Å². The van der Waals surface area contributed by atoms with Gasteiger partial charge in [0.15, 0.2) is 0 Å². The molecule has 0 aromatic heterocycles. The van der Waals surface area contributed by atoms with Crippen molar-refractivity contribution < 1.29 is 14.3 Å². The minimum Gasteiger partial charge on any atom is -0.496 e. The number of carbonyl (C=O) groups is 2. The third kappa shape index (κ3) is 4.84. The number of nitrogens with one attached hydrogen (secondary N) is 2. The number of hydrogen-bond acceptors (Lipinski definition) is 3. The van der Waals surface area contributed by atoms with Crippen molar-refractivity contribution in [3.63, 3.8) is 0 Å². The van der Waals surface area contributed by atoms with Gasteiger partial charge in [0.25, 0.3) is 11.8 Å². The summed E-state index contributed by atoms with van der Waals surface area (Å²) in [5, 5.41) is 0.304. The molecule has 0 heterocycles. The Morgan fingerprint density at radius 1 is 1.17 bits per heavy atom. The Bertz CT molecular complexity index is 793. The summed E-state index contributed by atoms with van der Waals surface area (Å²) in [7, 11) is 1.55. The van der Waals surface area contributed by atoms with E-state index in [0.29, 0.717) is 10.8 Å². The summed E-state index contributed by atoms with van der Waals surface area (Å²) < 4.78 is 6.07. The summed E-state index contributed by atoms with van der Waals surface area (Å²) in [6.45, 7) is 0. The van der Waals surface area contributed by atoms with Gasteiger partial charge in [-0.1, -0.05) is 39.7 Å². The summed E-state index contributed by atoms with van der Waals surface area (Å²) in [5.74, 6) is -0.359. The van der Waals surface area contributed by atoms with Gasteiger partial charge in [0, 0.05) is 16.1 Å². The van der Waals surface area contributed by atoms with E-state index < -0.39 is 11.8 Å². The van der Waals surface area contributed by atoms with Crippen LogP contribution in [0.2, 0.25) is 5.02 Å². The van der Waals surface area contributed by atoms with Crippen LogP contribution >= 0.6 is 27.5 Å². The second-order valence-electron chi connectivity index (χ2n) is 4.64. The Hall–Kier alpha value is -2.31. The third-order valence-electron chi connectivity index (χ3n) is 3.02. The Labute approximate surface area is 152 Å². The predicted molar refractivity (Wildman–Crippen MR) is 96.8 cm³/mol. The molecule has 2 rings (SSSR count). The number of halogens is 2. The predicted octanol–water partition coefficient (Wildman–Crippen LogP) is 3.59. The maximum Gasteiger partial charge on any atom is 0.271 e. The molecule has 0 aliphatic rings. The van der Waals surface area contributed by atoms with E-state index in [4.69, 9.17) is 16.3 Å². The number of amides is 2. The lowest BCUT2D eigenvalue weighted by molar-refractivity contribution is -0.117. The van der Waals surface area contributed by atoms with Gasteiger partial charge in [-0.05, 0) is 36.4 Å². The lowest BCUT2D eigenvalue weighted by atomic mass is 10.2. The molecule has 2 N–H and O–H groups in total. The van der Waals surface area contributed by atoms with E-state index in [1.54, 1.807) is 43.5 Å². The molecule has 0 radical (unpaired) electrons. The first kappa shape index (κ1) is 18.0. The van der Waals surface area contributed by atoms with Crippen LogP contribution in [-0.4, -0.2) is 18.9 Å². The number of benzene rings is 2. The van der Waals surface area contributed by atoms with Gasteiger partial charge in [0.2, 0.25) is 0 Å². The molecular weight excluding hydrogens is 396 g/mol. The number of hydrogen-bond donors (Lipinski definition) is 2. The monoisotopic (exact) mass is 408 g/mol. The summed E-state index contributed by atoms with van der Waals surface area (Å²) >= 11 is 9.27. The molecule has 2 aromatic carbocycles. The highest BCUT2D eigenvalue weighted by Crippen LogP contribution is 2.24. The molecule has 0 fully saturated rings. The van der Waals surface area contributed by atoms with Gasteiger partial charge in [-0.25, -0.2) is 0 Å². The van der Waals surface area contributed by atoms with E-state index in [0.717, 1.165) is 10.0 Å². The molecule has 7 heteroatoms. The van der Waals surface area contributed by atoms with E-state index >= 15 is 0 Å². The summed E-state index contributed by atoms with van der Waals surface area (Å²) in [6, 6.07) is 12.0. The first-order valence-electron chi connectivity index (χ1n) is 6.87. The smallest absolute Gasteiger partial charge is 0.271 e. The molecule has 2 aromatic rings. The van der Waals surface area contributed by atoms with Crippen LogP contribution < -0.4 is 15.6 Å². The van der Waals surface area contributed by atoms with Gasteiger partial charge in [-0.15, -0.1) is 0 Å². The molecule has 5 nitrogen and oxygen atoms in total. The molecule has 0 bridgehead atoms. The Balaban J connectivity index is 1.98. The maximum atomic E-state index is 11.9. The number of methoxy groups -OCH3 is 1. The van der Waals surface area contributed by atoms with Gasteiger partial charge >= 0.3 is 0 Å². The highest BCUT2D eigenvalue weighted by atomic mass is 79.9. The summed E-state index contributed by atoms with van der Waals surface area (Å²) in [5.41, 5.74) is 5.59. The van der Waals surface area contributed by atoms with E-state index in [1.165, 1.54) is 6.08 Å². The minimum atomic E-state index is -0.498. The van der Waals surface area contributed by atoms with Crippen molar-refractivity contribution >= 4 is 45.4 Å². The molecule has 0 spiro atoms. The topological polar surface area (TPSA) is 67.4 Å². The first-order chi connectivity index (χ1) is 11.5.